The van der Waals surface area contributed by atoms with E-state index in [1.807, 2.05) is 38.1 Å². The molecule has 1 saturated heterocycles. The minimum Gasteiger partial charge on any atom is -0.357 e. The van der Waals surface area contributed by atoms with Gasteiger partial charge >= 0.3 is 0 Å². The van der Waals surface area contributed by atoms with Crippen molar-refractivity contribution in [2.75, 3.05) is 30.7 Å². The number of guanidine groups is 1. The zero-order valence-corrected chi connectivity index (χ0v) is 20.0. The molecule has 0 spiro atoms. The van der Waals surface area contributed by atoms with E-state index in [-0.39, 0.29) is 35.8 Å². The molecule has 2 N–H and O–H groups in total. The van der Waals surface area contributed by atoms with Crippen molar-refractivity contribution in [2.45, 2.75) is 45.9 Å². The predicted molar refractivity (Wildman–Crippen MR) is 128 cm³/mol. The van der Waals surface area contributed by atoms with Crippen LogP contribution in [0, 0.1) is 5.92 Å². The second kappa shape index (κ2) is 12.5. The van der Waals surface area contributed by atoms with Crippen molar-refractivity contribution in [3.63, 3.8) is 0 Å². The van der Waals surface area contributed by atoms with Gasteiger partial charge in [-0.15, -0.1) is 24.0 Å². The van der Waals surface area contributed by atoms with Gasteiger partial charge in [0.2, 0.25) is 5.91 Å². The molecule has 1 aromatic carbocycles. The summed E-state index contributed by atoms with van der Waals surface area (Å²) in [7, 11) is 0. The highest BCUT2D eigenvalue weighted by Crippen LogP contribution is 2.21. The second-order valence-corrected chi connectivity index (χ2v) is 8.27. The average molecular weight is 504 g/mol. The highest BCUT2D eigenvalue weighted by atomic mass is 127. The van der Waals surface area contributed by atoms with E-state index in [2.05, 4.69) is 41.1 Å². The molecule has 1 aromatic rings. The quantitative estimate of drug-likeness (QED) is 0.347. The van der Waals surface area contributed by atoms with Crippen molar-refractivity contribution in [1.29, 1.82) is 0 Å². The van der Waals surface area contributed by atoms with Crippen LogP contribution in [0.4, 0.5) is 5.69 Å². The SMILES string of the molecule is CCNC(=NCc1ccc(NC(=O)C(C)C)cc1)N1CCSC(CC)C1.I. The second-order valence-electron chi connectivity index (χ2n) is 6.86. The first-order valence-electron chi connectivity index (χ1n) is 9.58. The third-order valence-corrected chi connectivity index (χ3v) is 5.76. The van der Waals surface area contributed by atoms with Gasteiger partial charge in [0.15, 0.2) is 5.96 Å². The van der Waals surface area contributed by atoms with Gasteiger partial charge in [-0.05, 0) is 31.0 Å². The van der Waals surface area contributed by atoms with Gasteiger partial charge in [-0.25, -0.2) is 4.99 Å². The number of anilines is 1. The van der Waals surface area contributed by atoms with Gasteiger partial charge in [-0.3, -0.25) is 4.79 Å². The Balaban J connectivity index is 0.00000364. The van der Waals surface area contributed by atoms with Crippen LogP contribution in [0.1, 0.15) is 39.7 Å². The number of carbonyl (C=O) groups excluding carboxylic acids is 1. The Morgan fingerprint density at radius 3 is 2.59 bits per heavy atom. The smallest absolute Gasteiger partial charge is 0.226 e. The number of benzene rings is 1. The molecule has 5 nitrogen and oxygen atoms in total. The molecule has 0 aromatic heterocycles. The van der Waals surface area contributed by atoms with Crippen LogP contribution in [0.5, 0.6) is 0 Å². The molecular weight excluding hydrogens is 471 g/mol. The number of hydrogen-bond donors (Lipinski definition) is 2. The van der Waals surface area contributed by atoms with E-state index in [1.165, 1.54) is 6.42 Å². The first-order chi connectivity index (χ1) is 12.5. The lowest BCUT2D eigenvalue weighted by atomic mass is 10.1. The highest BCUT2D eigenvalue weighted by Gasteiger charge is 2.21. The summed E-state index contributed by atoms with van der Waals surface area (Å²) in [4.78, 5) is 19.0. The maximum absolute atomic E-state index is 11.8. The monoisotopic (exact) mass is 504 g/mol. The van der Waals surface area contributed by atoms with E-state index in [0.29, 0.717) is 11.8 Å². The number of amides is 1. The fourth-order valence-corrected chi connectivity index (χ4v) is 3.91. The number of hydrogen-bond acceptors (Lipinski definition) is 3. The molecule has 0 bridgehead atoms. The molecule has 1 fully saturated rings. The molecule has 7 heteroatoms. The van der Waals surface area contributed by atoms with Gasteiger partial charge in [-0.2, -0.15) is 11.8 Å². The van der Waals surface area contributed by atoms with E-state index in [4.69, 9.17) is 4.99 Å². The number of nitrogens with zero attached hydrogens (tertiary/aromatic N) is 2. The van der Waals surface area contributed by atoms with Crippen LogP contribution in [0.2, 0.25) is 0 Å². The van der Waals surface area contributed by atoms with Crippen molar-refractivity contribution in [2.24, 2.45) is 10.9 Å². The molecule has 1 aliphatic rings. The summed E-state index contributed by atoms with van der Waals surface area (Å²) < 4.78 is 0. The van der Waals surface area contributed by atoms with Crippen LogP contribution in [0.3, 0.4) is 0 Å². The Morgan fingerprint density at radius 2 is 2.00 bits per heavy atom. The van der Waals surface area contributed by atoms with Crippen LogP contribution >= 0.6 is 35.7 Å². The van der Waals surface area contributed by atoms with Crippen molar-refractivity contribution >= 4 is 53.3 Å². The average Bonchev–Trinajstić information content (AvgIpc) is 2.66. The summed E-state index contributed by atoms with van der Waals surface area (Å²) in [6.07, 6.45) is 1.20. The fraction of sp³-hybridized carbons (Fsp3) is 0.600. The van der Waals surface area contributed by atoms with Gasteiger partial charge < -0.3 is 15.5 Å². The van der Waals surface area contributed by atoms with E-state index in [9.17, 15) is 4.79 Å². The number of nitrogens with one attached hydrogen (secondary N) is 2. The van der Waals surface area contributed by atoms with Crippen molar-refractivity contribution in [3.8, 4) is 0 Å². The predicted octanol–water partition coefficient (Wildman–Crippen LogP) is 4.19. The largest absolute Gasteiger partial charge is 0.357 e. The maximum atomic E-state index is 11.8. The summed E-state index contributed by atoms with van der Waals surface area (Å²) in [6.45, 7) is 11.8. The summed E-state index contributed by atoms with van der Waals surface area (Å²) in [6, 6.07) is 7.96. The Labute approximate surface area is 185 Å². The van der Waals surface area contributed by atoms with Crippen LogP contribution in [-0.2, 0) is 11.3 Å². The third-order valence-electron chi connectivity index (χ3n) is 4.39. The molecular formula is C20H33IN4OS. The van der Waals surface area contributed by atoms with E-state index >= 15 is 0 Å². The zero-order valence-electron chi connectivity index (χ0n) is 16.8. The molecule has 1 amide bonds. The highest BCUT2D eigenvalue weighted by molar-refractivity contribution is 14.0. The molecule has 1 unspecified atom stereocenters. The molecule has 0 saturated carbocycles. The number of halogens is 1. The van der Waals surface area contributed by atoms with Crippen LogP contribution in [-0.4, -0.2) is 47.4 Å². The Bertz CT molecular complexity index is 607. The summed E-state index contributed by atoms with van der Waals surface area (Å²) >= 11 is 2.07. The lowest BCUT2D eigenvalue weighted by Gasteiger charge is -2.34. The van der Waals surface area contributed by atoms with Gasteiger partial charge in [0.25, 0.3) is 0 Å². The first kappa shape index (κ1) is 24.1. The molecule has 0 radical (unpaired) electrons. The Morgan fingerprint density at radius 1 is 1.30 bits per heavy atom. The van der Waals surface area contributed by atoms with E-state index < -0.39 is 0 Å². The first-order valence-corrected chi connectivity index (χ1v) is 10.6. The number of carbonyl (C=O) groups is 1. The molecule has 1 heterocycles. The topological polar surface area (TPSA) is 56.7 Å². The van der Waals surface area contributed by atoms with E-state index in [0.717, 1.165) is 42.6 Å². The van der Waals surface area contributed by atoms with Crippen LogP contribution < -0.4 is 10.6 Å². The zero-order chi connectivity index (χ0) is 18.9. The Hall–Kier alpha value is -0.960. The van der Waals surface area contributed by atoms with Crippen molar-refractivity contribution in [1.82, 2.24) is 10.2 Å². The number of aliphatic imine (C=N–C) groups is 1. The van der Waals surface area contributed by atoms with Gasteiger partial charge in [0.1, 0.15) is 0 Å². The lowest BCUT2D eigenvalue weighted by Crippen LogP contribution is -2.48. The molecule has 27 heavy (non-hydrogen) atoms. The Kier molecular flexibility index (Phi) is 11.1. The summed E-state index contributed by atoms with van der Waals surface area (Å²) in [5.41, 5.74) is 1.98. The lowest BCUT2D eigenvalue weighted by molar-refractivity contribution is -0.118. The molecule has 1 atom stereocenters. The van der Waals surface area contributed by atoms with Gasteiger partial charge in [0, 0.05) is 42.2 Å². The summed E-state index contributed by atoms with van der Waals surface area (Å²) in [5.74, 6) is 2.19. The molecule has 2 rings (SSSR count). The van der Waals surface area contributed by atoms with Crippen LogP contribution in [0.15, 0.2) is 29.3 Å². The number of rotatable bonds is 6. The molecule has 152 valence electrons. The minimum absolute atomic E-state index is 0. The van der Waals surface area contributed by atoms with Gasteiger partial charge in [-0.1, -0.05) is 32.9 Å². The normalized spacial score (nSPS) is 17.4. The standard InChI is InChI=1S/C20H32N4OS.HI/c1-5-18-14-24(11-12-26-18)20(21-6-2)22-13-16-7-9-17(10-8-16)23-19(25)15(3)4;/h7-10,15,18H,5-6,11-14H2,1-4H3,(H,21,22)(H,23,25);1H. The van der Waals surface area contributed by atoms with Crippen LogP contribution in [0.25, 0.3) is 0 Å². The minimum atomic E-state index is -0.0170. The third kappa shape index (κ3) is 7.89. The number of thioether (sulfide) groups is 1. The van der Waals surface area contributed by atoms with Crippen molar-refractivity contribution < 1.29 is 4.79 Å². The fourth-order valence-electron chi connectivity index (χ4n) is 2.73. The van der Waals surface area contributed by atoms with Gasteiger partial charge in [0.05, 0.1) is 6.54 Å². The molecule has 1 aliphatic heterocycles. The maximum Gasteiger partial charge on any atom is 0.226 e. The van der Waals surface area contributed by atoms with E-state index in [1.54, 1.807) is 0 Å². The summed E-state index contributed by atoms with van der Waals surface area (Å²) in [5, 5.41) is 7.04. The molecule has 0 aliphatic carbocycles. The van der Waals surface area contributed by atoms with Crippen molar-refractivity contribution in [3.05, 3.63) is 29.8 Å².